The molecule has 1 atom stereocenters. The van der Waals surface area contributed by atoms with Crippen molar-refractivity contribution < 1.29 is 9.50 Å². The van der Waals surface area contributed by atoms with Crippen LogP contribution in [0.3, 0.4) is 0 Å². The van der Waals surface area contributed by atoms with Crippen LogP contribution in [-0.4, -0.2) is 65.7 Å². The molecule has 1 aliphatic rings. The highest BCUT2D eigenvalue weighted by Crippen LogP contribution is 2.32. The fourth-order valence-corrected chi connectivity index (χ4v) is 4.21. The first kappa shape index (κ1) is 23.9. The van der Waals surface area contributed by atoms with E-state index in [1.807, 2.05) is 24.0 Å². The van der Waals surface area contributed by atoms with Gasteiger partial charge < -0.3 is 20.6 Å². The largest absolute Gasteiger partial charge is 0.507 e. The van der Waals surface area contributed by atoms with Crippen LogP contribution in [-0.2, 0) is 6.54 Å². The van der Waals surface area contributed by atoms with Crippen LogP contribution in [0, 0.1) is 17.7 Å². The van der Waals surface area contributed by atoms with Crippen molar-refractivity contribution in [1.29, 1.82) is 0 Å². The van der Waals surface area contributed by atoms with Gasteiger partial charge in [0.1, 0.15) is 24.9 Å². The Morgan fingerprint density at radius 2 is 2.05 bits per heavy atom. The van der Waals surface area contributed by atoms with Gasteiger partial charge in [-0.3, -0.25) is 0 Å². The number of benzene rings is 1. The molecule has 3 aromatic heterocycles. The second-order valence-corrected chi connectivity index (χ2v) is 8.60. The fraction of sp³-hybridized carbons (Fsp3) is 0.280. The van der Waals surface area contributed by atoms with E-state index in [2.05, 4.69) is 47.0 Å². The summed E-state index contributed by atoms with van der Waals surface area (Å²) in [6.07, 6.45) is 4.87. The standard InChI is InChI=1S/C25H25FN10O/c1-17-8-10-34(21-13-20(32-33-24(21)27)18-5-2-3-6-22(18)37)11-12-36(17)25-19(26)14-29-23(31-25)7-4-9-35-16-28-15-30-35/h2-3,5-6,13-17,37H,8-12H2,1H3,(H2,27,33)/t17-/m1/s1. The normalized spacial score (nSPS) is 15.7. The second-order valence-electron chi connectivity index (χ2n) is 8.60. The van der Waals surface area contributed by atoms with Crippen molar-refractivity contribution in [1.82, 2.24) is 34.9 Å². The number of nitrogens with zero attached hydrogens (tertiary/aromatic N) is 9. The summed E-state index contributed by atoms with van der Waals surface area (Å²) in [5, 5.41) is 22.5. The van der Waals surface area contributed by atoms with Crippen LogP contribution < -0.4 is 15.5 Å². The zero-order valence-corrected chi connectivity index (χ0v) is 20.2. The van der Waals surface area contributed by atoms with Gasteiger partial charge in [-0.15, -0.1) is 10.2 Å². The van der Waals surface area contributed by atoms with Gasteiger partial charge in [0.05, 0.1) is 17.6 Å². The SMILES string of the molecule is C[C@@H]1CCN(c2cc(-c3ccccc3O)nnc2N)CCN1c1nc(C#CCn2cncn2)ncc1F. The zero-order valence-electron chi connectivity index (χ0n) is 20.2. The number of nitrogens with two attached hydrogens (primary N) is 1. The van der Waals surface area contributed by atoms with Crippen LogP contribution >= 0.6 is 0 Å². The molecule has 11 nitrogen and oxygen atoms in total. The predicted molar refractivity (Wildman–Crippen MR) is 136 cm³/mol. The molecule has 4 heterocycles. The molecule has 37 heavy (non-hydrogen) atoms. The lowest BCUT2D eigenvalue weighted by Gasteiger charge is -2.28. The number of nitrogen functional groups attached to an aromatic ring is 1. The van der Waals surface area contributed by atoms with E-state index in [0.29, 0.717) is 48.9 Å². The van der Waals surface area contributed by atoms with Crippen molar-refractivity contribution in [3.63, 3.8) is 0 Å². The first-order valence-corrected chi connectivity index (χ1v) is 11.8. The average molecular weight is 501 g/mol. The summed E-state index contributed by atoms with van der Waals surface area (Å²) >= 11 is 0. The number of anilines is 3. The molecule has 1 aliphatic heterocycles. The Bertz CT molecular complexity index is 1450. The van der Waals surface area contributed by atoms with Gasteiger partial charge in [-0.2, -0.15) is 5.10 Å². The first-order valence-electron chi connectivity index (χ1n) is 11.8. The Balaban J connectivity index is 1.36. The summed E-state index contributed by atoms with van der Waals surface area (Å²) in [5.74, 6) is 6.15. The number of para-hydroxylation sites is 1. The van der Waals surface area contributed by atoms with Crippen LogP contribution in [0.5, 0.6) is 5.75 Å². The molecule has 3 N–H and O–H groups in total. The van der Waals surface area contributed by atoms with Gasteiger partial charge in [0, 0.05) is 31.2 Å². The molecule has 0 unspecified atom stereocenters. The third-order valence-corrected chi connectivity index (χ3v) is 6.19. The highest BCUT2D eigenvalue weighted by Gasteiger charge is 2.26. The van der Waals surface area contributed by atoms with Crippen molar-refractivity contribution in [2.24, 2.45) is 0 Å². The van der Waals surface area contributed by atoms with E-state index in [1.54, 1.807) is 29.2 Å². The molecule has 0 bridgehead atoms. The number of aromatic hydroxyl groups is 1. The smallest absolute Gasteiger partial charge is 0.207 e. The lowest BCUT2D eigenvalue weighted by Crippen LogP contribution is -2.36. The van der Waals surface area contributed by atoms with Gasteiger partial charge >= 0.3 is 0 Å². The highest BCUT2D eigenvalue weighted by atomic mass is 19.1. The van der Waals surface area contributed by atoms with Crippen molar-refractivity contribution in [3.05, 3.63) is 60.8 Å². The number of aromatic nitrogens is 7. The van der Waals surface area contributed by atoms with E-state index in [9.17, 15) is 9.50 Å². The van der Waals surface area contributed by atoms with E-state index in [-0.39, 0.29) is 23.4 Å². The summed E-state index contributed by atoms with van der Waals surface area (Å²) < 4.78 is 16.4. The van der Waals surface area contributed by atoms with Crippen molar-refractivity contribution >= 4 is 17.3 Å². The monoisotopic (exact) mass is 500 g/mol. The summed E-state index contributed by atoms with van der Waals surface area (Å²) in [5.41, 5.74) is 8.00. The van der Waals surface area contributed by atoms with Crippen molar-refractivity contribution in [2.75, 3.05) is 35.2 Å². The molecule has 4 aromatic rings. The summed E-state index contributed by atoms with van der Waals surface area (Å²) in [4.78, 5) is 16.3. The average Bonchev–Trinajstić information content (AvgIpc) is 3.34. The quantitative estimate of drug-likeness (QED) is 0.401. The fourth-order valence-electron chi connectivity index (χ4n) is 4.21. The van der Waals surface area contributed by atoms with Crippen LogP contribution in [0.2, 0.25) is 0 Å². The van der Waals surface area contributed by atoms with Gasteiger partial charge in [-0.1, -0.05) is 18.1 Å². The molecule has 0 saturated carbocycles. The maximum atomic E-state index is 14.9. The number of phenolic OH excluding ortho intramolecular Hbond substituents is 1. The van der Waals surface area contributed by atoms with Crippen LogP contribution in [0.15, 0.2) is 49.2 Å². The minimum Gasteiger partial charge on any atom is -0.507 e. The topological polar surface area (TPSA) is 135 Å². The predicted octanol–water partition coefficient (Wildman–Crippen LogP) is 2.11. The van der Waals surface area contributed by atoms with Crippen molar-refractivity contribution in [2.45, 2.75) is 25.9 Å². The Hall–Kier alpha value is -4.79. The van der Waals surface area contributed by atoms with Gasteiger partial charge in [0.25, 0.3) is 0 Å². The number of halogens is 1. The molecular weight excluding hydrogens is 475 g/mol. The van der Waals surface area contributed by atoms with E-state index >= 15 is 0 Å². The Kier molecular flexibility index (Phi) is 6.76. The molecule has 0 aliphatic carbocycles. The number of hydrogen-bond acceptors (Lipinski definition) is 10. The molecule has 1 fully saturated rings. The molecule has 5 rings (SSSR count). The molecule has 1 saturated heterocycles. The van der Waals surface area contributed by atoms with Gasteiger partial charge in [-0.25, -0.2) is 24.0 Å². The molecule has 188 valence electrons. The zero-order chi connectivity index (χ0) is 25.8. The molecular formula is C25H25FN10O. The van der Waals surface area contributed by atoms with Crippen molar-refractivity contribution in [3.8, 4) is 28.8 Å². The minimum atomic E-state index is -0.506. The van der Waals surface area contributed by atoms with Crippen LogP contribution in [0.25, 0.3) is 11.3 Å². The van der Waals surface area contributed by atoms with Crippen LogP contribution in [0.1, 0.15) is 19.2 Å². The summed E-state index contributed by atoms with van der Waals surface area (Å²) in [6.45, 7) is 4.08. The first-order chi connectivity index (χ1) is 18.0. The summed E-state index contributed by atoms with van der Waals surface area (Å²) in [6, 6.07) is 8.76. The Morgan fingerprint density at radius 3 is 2.86 bits per heavy atom. The number of rotatable bonds is 4. The van der Waals surface area contributed by atoms with Crippen LogP contribution in [0.4, 0.5) is 21.7 Å². The highest BCUT2D eigenvalue weighted by molar-refractivity contribution is 5.74. The molecule has 0 amide bonds. The molecule has 0 spiro atoms. The van der Waals surface area contributed by atoms with Gasteiger partial charge in [0.15, 0.2) is 17.5 Å². The third-order valence-electron chi connectivity index (χ3n) is 6.19. The second kappa shape index (κ2) is 10.4. The minimum absolute atomic E-state index is 0.000910. The molecule has 12 heteroatoms. The Morgan fingerprint density at radius 1 is 1.19 bits per heavy atom. The molecule has 0 radical (unpaired) electrons. The summed E-state index contributed by atoms with van der Waals surface area (Å²) in [7, 11) is 0. The maximum Gasteiger partial charge on any atom is 0.207 e. The van der Waals surface area contributed by atoms with Gasteiger partial charge in [-0.05, 0) is 37.5 Å². The van der Waals surface area contributed by atoms with Gasteiger partial charge in [0.2, 0.25) is 5.82 Å². The maximum absolute atomic E-state index is 14.9. The number of hydrogen-bond donors (Lipinski definition) is 2. The molecule has 1 aromatic carbocycles. The lowest BCUT2D eigenvalue weighted by atomic mass is 10.1. The van der Waals surface area contributed by atoms with E-state index in [0.717, 1.165) is 12.6 Å². The van der Waals surface area contributed by atoms with E-state index in [4.69, 9.17) is 5.73 Å². The van der Waals surface area contributed by atoms with E-state index in [1.165, 1.54) is 6.33 Å². The third kappa shape index (κ3) is 5.25. The van der Waals surface area contributed by atoms with E-state index < -0.39 is 5.82 Å². The Labute approximate surface area is 212 Å². The lowest BCUT2D eigenvalue weighted by molar-refractivity contribution is 0.477. The number of phenols is 1.